The molecule has 0 radical (unpaired) electrons. The largest absolute Gasteiger partial charge is 0.361 e. The van der Waals surface area contributed by atoms with Crippen molar-refractivity contribution in [3.05, 3.63) is 33.7 Å². The number of aromatic nitrogens is 3. The zero-order valence-corrected chi connectivity index (χ0v) is 8.23. The van der Waals surface area contributed by atoms with Crippen molar-refractivity contribution < 1.29 is 0 Å². The van der Waals surface area contributed by atoms with Gasteiger partial charge in [0.05, 0.1) is 0 Å². The molecule has 0 aliphatic carbocycles. The number of nitrogens with one attached hydrogen (secondary N) is 3. The van der Waals surface area contributed by atoms with E-state index in [2.05, 4.69) is 20.5 Å². The maximum absolute atomic E-state index is 10.8. The molecule has 0 amide bonds. The molecule has 2 rings (SSSR count). The second-order valence-corrected chi connectivity index (χ2v) is 3.69. The number of hydrogen-bond donors (Lipinski definition) is 3. The predicted octanol–water partition coefficient (Wildman–Crippen LogP) is 0.814. The lowest BCUT2D eigenvalue weighted by molar-refractivity contribution is 0.923. The number of aromatic amines is 2. The third-order valence-corrected chi connectivity index (χ3v) is 2.49. The highest BCUT2D eigenvalue weighted by atomic mass is 32.1. The molecule has 0 saturated heterocycles. The monoisotopic (exact) mass is 210 g/mol. The zero-order valence-electron chi connectivity index (χ0n) is 7.41. The zero-order chi connectivity index (χ0) is 9.80. The maximum atomic E-state index is 10.8. The van der Waals surface area contributed by atoms with Crippen LogP contribution in [-0.2, 0) is 6.42 Å². The Morgan fingerprint density at radius 3 is 3.07 bits per heavy atom. The van der Waals surface area contributed by atoms with Gasteiger partial charge in [-0.05, 0) is 0 Å². The topological polar surface area (TPSA) is 73.6 Å². The highest BCUT2D eigenvalue weighted by molar-refractivity contribution is 7.13. The number of nitrogens with zero attached hydrogens (tertiary/aromatic N) is 1. The van der Waals surface area contributed by atoms with Crippen molar-refractivity contribution in [1.29, 1.82) is 0 Å². The summed E-state index contributed by atoms with van der Waals surface area (Å²) in [6.45, 7) is 0.765. The number of thiazole rings is 1. The van der Waals surface area contributed by atoms with Crippen LogP contribution in [0, 0.1) is 0 Å². The van der Waals surface area contributed by atoms with Crippen molar-refractivity contribution in [1.82, 2.24) is 15.2 Å². The Labute approximate surface area is 84.2 Å². The summed E-state index contributed by atoms with van der Waals surface area (Å²) in [5, 5.41) is 11.3. The molecule has 0 unspecified atom stereocenters. The minimum atomic E-state index is -0.0887. The van der Waals surface area contributed by atoms with Crippen molar-refractivity contribution in [3.8, 4) is 0 Å². The number of hydrogen-bond acceptors (Lipinski definition) is 4. The fourth-order valence-electron chi connectivity index (χ4n) is 1.12. The van der Waals surface area contributed by atoms with E-state index in [1.807, 2.05) is 5.38 Å². The second kappa shape index (κ2) is 4.10. The maximum Gasteiger partial charge on any atom is 0.264 e. The summed E-state index contributed by atoms with van der Waals surface area (Å²) in [5.41, 5.74) is 0.813. The Balaban J connectivity index is 1.81. The standard InChI is InChI=1S/C8H10N4OS/c13-7-5-6(11-12-7)1-2-9-8-10-3-4-14-8/h3-5H,1-2H2,(H,9,10)(H2,11,12,13). The van der Waals surface area contributed by atoms with E-state index < -0.39 is 0 Å². The van der Waals surface area contributed by atoms with Crippen LogP contribution < -0.4 is 10.9 Å². The van der Waals surface area contributed by atoms with Crippen LogP contribution in [0.25, 0.3) is 0 Å². The first-order valence-electron chi connectivity index (χ1n) is 4.24. The molecule has 5 nitrogen and oxygen atoms in total. The van der Waals surface area contributed by atoms with E-state index in [0.29, 0.717) is 0 Å². The van der Waals surface area contributed by atoms with E-state index >= 15 is 0 Å². The van der Waals surface area contributed by atoms with Crippen LogP contribution >= 0.6 is 11.3 Å². The molecule has 6 heteroatoms. The summed E-state index contributed by atoms with van der Waals surface area (Å²) in [6.07, 6.45) is 2.53. The van der Waals surface area contributed by atoms with Crippen molar-refractivity contribution in [3.63, 3.8) is 0 Å². The van der Waals surface area contributed by atoms with Crippen LogP contribution in [0.5, 0.6) is 0 Å². The molecule has 2 aromatic rings. The molecule has 0 saturated carbocycles. The summed E-state index contributed by atoms with van der Waals surface area (Å²) in [5.74, 6) is 0. The average molecular weight is 210 g/mol. The van der Waals surface area contributed by atoms with Gasteiger partial charge in [0.15, 0.2) is 5.13 Å². The highest BCUT2D eigenvalue weighted by Gasteiger charge is 1.97. The van der Waals surface area contributed by atoms with Gasteiger partial charge in [0.1, 0.15) is 0 Å². The van der Waals surface area contributed by atoms with Crippen LogP contribution in [0.15, 0.2) is 22.4 Å². The molecule has 0 aromatic carbocycles. The molecule has 3 N–H and O–H groups in total. The molecule has 0 aliphatic heterocycles. The lowest BCUT2D eigenvalue weighted by Gasteiger charge is -1.99. The van der Waals surface area contributed by atoms with Gasteiger partial charge >= 0.3 is 0 Å². The Morgan fingerprint density at radius 2 is 2.43 bits per heavy atom. The summed E-state index contributed by atoms with van der Waals surface area (Å²) in [4.78, 5) is 14.8. The lowest BCUT2D eigenvalue weighted by atomic mass is 10.3. The van der Waals surface area contributed by atoms with Gasteiger partial charge in [-0.3, -0.25) is 9.89 Å². The Bertz CT molecular complexity index is 430. The average Bonchev–Trinajstić information content (AvgIpc) is 2.77. The van der Waals surface area contributed by atoms with Gasteiger partial charge in [-0.2, -0.15) is 0 Å². The minimum Gasteiger partial charge on any atom is -0.361 e. The first-order valence-corrected chi connectivity index (χ1v) is 5.12. The lowest BCUT2D eigenvalue weighted by Crippen LogP contribution is -2.04. The molecular formula is C8H10N4OS. The van der Waals surface area contributed by atoms with E-state index in [-0.39, 0.29) is 5.56 Å². The summed E-state index contributed by atoms with van der Waals surface area (Å²) < 4.78 is 0. The SMILES string of the molecule is O=c1cc(CCNc2nccs2)[nH][nH]1. The Hall–Kier alpha value is -1.56. The van der Waals surface area contributed by atoms with Crippen LogP contribution in [0.1, 0.15) is 5.69 Å². The van der Waals surface area contributed by atoms with Gasteiger partial charge in [0.25, 0.3) is 5.56 Å². The van der Waals surface area contributed by atoms with E-state index in [4.69, 9.17) is 0 Å². The molecule has 0 bridgehead atoms. The highest BCUT2D eigenvalue weighted by Crippen LogP contribution is 2.09. The molecule has 0 spiro atoms. The van der Waals surface area contributed by atoms with Crippen molar-refractivity contribution in [2.24, 2.45) is 0 Å². The van der Waals surface area contributed by atoms with Gasteiger partial charge in [-0.15, -0.1) is 11.3 Å². The van der Waals surface area contributed by atoms with Gasteiger partial charge < -0.3 is 10.4 Å². The number of anilines is 1. The number of rotatable bonds is 4. The van der Waals surface area contributed by atoms with Crippen LogP contribution in [0.4, 0.5) is 5.13 Å². The molecule has 0 fully saturated rings. The van der Waals surface area contributed by atoms with Gasteiger partial charge in [-0.25, -0.2) is 4.98 Å². The number of H-pyrrole nitrogens is 2. The third kappa shape index (κ3) is 2.23. The molecule has 2 aromatic heterocycles. The van der Waals surface area contributed by atoms with Crippen molar-refractivity contribution in [2.45, 2.75) is 6.42 Å². The Kier molecular flexibility index (Phi) is 2.64. The van der Waals surface area contributed by atoms with Crippen LogP contribution in [0.3, 0.4) is 0 Å². The first kappa shape index (κ1) is 9.01. The Morgan fingerprint density at radius 1 is 1.50 bits per heavy atom. The minimum absolute atomic E-state index is 0.0887. The van der Waals surface area contributed by atoms with Crippen LogP contribution in [0.2, 0.25) is 0 Å². The smallest absolute Gasteiger partial charge is 0.264 e. The molecule has 0 aliphatic rings. The molecule has 2 heterocycles. The fourth-order valence-corrected chi connectivity index (χ4v) is 1.68. The van der Waals surface area contributed by atoms with E-state index in [1.165, 1.54) is 0 Å². The summed E-state index contributed by atoms with van der Waals surface area (Å²) in [7, 11) is 0. The van der Waals surface area contributed by atoms with Gasteiger partial charge in [0.2, 0.25) is 0 Å². The van der Waals surface area contributed by atoms with Gasteiger partial charge in [-0.1, -0.05) is 0 Å². The van der Waals surface area contributed by atoms with Gasteiger partial charge in [0, 0.05) is 36.3 Å². The predicted molar refractivity (Wildman–Crippen MR) is 55.7 cm³/mol. The van der Waals surface area contributed by atoms with E-state index in [9.17, 15) is 4.79 Å². The normalized spacial score (nSPS) is 10.3. The quantitative estimate of drug-likeness (QED) is 0.699. The van der Waals surface area contributed by atoms with Crippen LogP contribution in [-0.4, -0.2) is 21.7 Å². The molecule has 74 valence electrons. The molecular weight excluding hydrogens is 200 g/mol. The molecule has 14 heavy (non-hydrogen) atoms. The summed E-state index contributed by atoms with van der Waals surface area (Å²) >= 11 is 1.56. The first-order chi connectivity index (χ1) is 6.84. The summed E-state index contributed by atoms with van der Waals surface area (Å²) in [6, 6.07) is 1.56. The third-order valence-electron chi connectivity index (χ3n) is 1.75. The van der Waals surface area contributed by atoms with E-state index in [1.54, 1.807) is 23.6 Å². The van der Waals surface area contributed by atoms with Crippen molar-refractivity contribution >= 4 is 16.5 Å². The second-order valence-electron chi connectivity index (χ2n) is 2.80. The molecule has 0 atom stereocenters. The van der Waals surface area contributed by atoms with E-state index in [0.717, 1.165) is 23.8 Å². The van der Waals surface area contributed by atoms with Crippen molar-refractivity contribution in [2.75, 3.05) is 11.9 Å². The fraction of sp³-hybridized carbons (Fsp3) is 0.250.